The molecule has 410 valence electrons. The summed E-state index contributed by atoms with van der Waals surface area (Å²) in [6.07, 6.45) is -51.2. The summed E-state index contributed by atoms with van der Waals surface area (Å²) in [6, 6.07) is 6.86. The summed E-state index contributed by atoms with van der Waals surface area (Å²) in [5.41, 5.74) is -29.5. The minimum atomic E-state index is -6.13. The van der Waals surface area contributed by atoms with Crippen molar-refractivity contribution in [3.05, 3.63) is 196 Å². The van der Waals surface area contributed by atoms with Gasteiger partial charge >= 0.3 is 49.4 Å². The zero-order valence-electron chi connectivity index (χ0n) is 37.4. The molecule has 0 saturated heterocycles. The van der Waals surface area contributed by atoms with Gasteiger partial charge in [-0.05, 0) is 41.8 Å². The molecule has 1 heterocycles. The van der Waals surface area contributed by atoms with E-state index < -0.39 is 195 Å². The van der Waals surface area contributed by atoms with Crippen LogP contribution < -0.4 is 26.4 Å². The topological polar surface area (TPSA) is 20.9 Å². The fraction of sp³-hybridized carbons (Fsp3) is 0.184. The van der Waals surface area contributed by atoms with E-state index in [0.717, 1.165) is 10.8 Å². The zero-order chi connectivity index (χ0) is 57.9. The molecule has 0 unspecified atom stereocenters. The Morgan fingerprint density at radius 3 is 0.909 bits per heavy atom. The monoisotopic (exact) mass is 1130 g/mol. The van der Waals surface area contributed by atoms with Crippen molar-refractivity contribution in [2.45, 2.75) is 56.0 Å². The van der Waals surface area contributed by atoms with Gasteiger partial charge in [0, 0.05) is 17.0 Å². The summed E-state index contributed by atoms with van der Waals surface area (Å²) in [6.45, 7) is 0.246. The first-order valence-electron chi connectivity index (χ1n) is 21.0. The second-order valence-corrected chi connectivity index (χ2v) is 16.9. The largest absolute Gasteiger partial charge is 0.416 e. The van der Waals surface area contributed by atoms with Gasteiger partial charge in [-0.25, -0.2) is 4.39 Å². The number of carbonyl (C=O) groups excluding carboxylic acids is 1. The molecule has 28 heteroatoms. The van der Waals surface area contributed by atoms with Gasteiger partial charge in [-0.15, -0.1) is 0 Å². The van der Waals surface area contributed by atoms with E-state index in [-0.39, 0.29) is 18.1 Å². The summed E-state index contributed by atoms with van der Waals surface area (Å²) in [5.74, 6) is -0.240. The van der Waals surface area contributed by atoms with Gasteiger partial charge in [0.1, 0.15) is 12.0 Å². The normalized spacial score (nSPS) is 13.4. The van der Waals surface area contributed by atoms with Gasteiger partial charge in [-0.2, -0.15) is 132 Å². The number of aromatic nitrogens is 1. The van der Waals surface area contributed by atoms with Gasteiger partial charge in [0.15, 0.2) is 12.4 Å². The first-order valence-corrected chi connectivity index (χ1v) is 21.0. The van der Waals surface area contributed by atoms with Gasteiger partial charge < -0.3 is 0 Å². The fourth-order valence-corrected chi connectivity index (χ4v) is 8.26. The van der Waals surface area contributed by atoms with E-state index >= 15 is 0 Å². The molecule has 0 aliphatic carbocycles. The highest BCUT2D eigenvalue weighted by Crippen LogP contribution is 2.41. The van der Waals surface area contributed by atoms with Gasteiger partial charge in [-0.1, -0.05) is 84.9 Å². The first-order chi connectivity index (χ1) is 35.0. The molecular weight excluding hydrogens is 1100 g/mol. The number of rotatable bonds is 7. The number of benzene rings is 6. The number of alkyl halides is 24. The Balaban J connectivity index is 0.000000397. The third kappa shape index (κ3) is 13.5. The smallest absolute Gasteiger partial charge is 0.287 e. The van der Waals surface area contributed by atoms with Gasteiger partial charge in [0.2, 0.25) is 12.3 Å². The fourth-order valence-electron chi connectivity index (χ4n) is 8.26. The van der Waals surface area contributed by atoms with Crippen LogP contribution in [0.3, 0.4) is 0 Å². The molecular formula is C49H25BF25NO. The first kappa shape index (κ1) is 59.0. The van der Waals surface area contributed by atoms with Crippen LogP contribution in [0.15, 0.2) is 140 Å². The Bertz CT molecular complexity index is 2870. The molecule has 0 radical (unpaired) electrons. The number of ketones is 1. The summed E-state index contributed by atoms with van der Waals surface area (Å²) in [4.78, 5) is 12.1. The SMILES string of the molecule is FC(F)(F)c1cc([B-](c2cc(C(F)(F)F)cc(C(F)(F)F)c2)(c2cc(C(F)(F)F)cc(C(F)(F)F)c2)c2cc(C(F)(F)F)cc(C(F)(F)F)c2)cc(C(F)(F)F)c1.O=C(C[n+]1ccc2ccc(F)cc2c1)c1ccccc1. The highest BCUT2D eigenvalue weighted by atomic mass is 19.4. The number of carbonyl (C=O) groups is 1. The lowest BCUT2D eigenvalue weighted by Gasteiger charge is -2.46. The van der Waals surface area contributed by atoms with Gasteiger partial charge in [0.25, 0.3) is 0 Å². The molecule has 2 nitrogen and oxygen atoms in total. The highest BCUT2D eigenvalue weighted by Gasteiger charge is 2.47. The van der Waals surface area contributed by atoms with E-state index in [1.165, 1.54) is 12.1 Å². The van der Waals surface area contributed by atoms with Crippen LogP contribution in [-0.4, -0.2) is 11.9 Å². The predicted molar refractivity (Wildman–Crippen MR) is 225 cm³/mol. The van der Waals surface area contributed by atoms with Crippen molar-refractivity contribution >= 4 is 44.6 Å². The van der Waals surface area contributed by atoms with Crippen LogP contribution in [0.2, 0.25) is 0 Å². The maximum Gasteiger partial charge on any atom is 0.416 e. The van der Waals surface area contributed by atoms with E-state index in [9.17, 15) is 115 Å². The van der Waals surface area contributed by atoms with E-state index in [4.69, 9.17) is 0 Å². The van der Waals surface area contributed by atoms with Crippen LogP contribution in [0.25, 0.3) is 10.8 Å². The second-order valence-electron chi connectivity index (χ2n) is 16.9. The van der Waals surface area contributed by atoms with E-state index in [0.29, 0.717) is 5.56 Å². The average Bonchev–Trinajstić information content (AvgIpc) is 3.29. The minimum Gasteiger partial charge on any atom is -0.287 e. The van der Waals surface area contributed by atoms with Crippen molar-refractivity contribution < 1.29 is 119 Å². The number of fused-ring (bicyclic) bond motifs is 1. The van der Waals surface area contributed by atoms with E-state index in [2.05, 4.69) is 0 Å². The van der Waals surface area contributed by atoms with Crippen molar-refractivity contribution in [2.75, 3.05) is 0 Å². The van der Waals surface area contributed by atoms with E-state index in [1.807, 2.05) is 30.5 Å². The number of nitrogens with zero attached hydrogens (tertiary/aromatic N) is 1. The van der Waals surface area contributed by atoms with Crippen LogP contribution in [0, 0.1) is 5.82 Å². The van der Waals surface area contributed by atoms with Crippen molar-refractivity contribution in [2.24, 2.45) is 0 Å². The minimum absolute atomic E-state index is 0.0337. The Kier molecular flexibility index (Phi) is 15.5. The van der Waals surface area contributed by atoms with Crippen molar-refractivity contribution in [3.8, 4) is 0 Å². The Morgan fingerprint density at radius 2 is 0.636 bits per heavy atom. The Hall–Kier alpha value is -7.29. The number of hydrogen-bond acceptors (Lipinski definition) is 1. The van der Waals surface area contributed by atoms with Crippen LogP contribution in [-0.2, 0) is 56.0 Å². The van der Waals surface area contributed by atoms with E-state index in [1.54, 1.807) is 29.0 Å². The number of Topliss-reactive ketones (excluding diaryl/α,β-unsaturated/α-hetero) is 1. The third-order valence-corrected chi connectivity index (χ3v) is 11.7. The molecule has 0 bridgehead atoms. The molecule has 0 aliphatic rings. The lowest BCUT2D eigenvalue weighted by molar-refractivity contribution is -0.681. The number of halogens is 25. The quantitative estimate of drug-likeness (QED) is 0.0674. The molecule has 0 amide bonds. The maximum atomic E-state index is 14.2. The average molecular weight is 1130 g/mol. The van der Waals surface area contributed by atoms with Crippen molar-refractivity contribution in [3.63, 3.8) is 0 Å². The Labute approximate surface area is 414 Å². The summed E-state index contributed by atoms with van der Waals surface area (Å²) >= 11 is 0. The van der Waals surface area contributed by atoms with Crippen molar-refractivity contribution in [1.29, 1.82) is 0 Å². The lowest BCUT2D eigenvalue weighted by Crippen LogP contribution is -2.75. The summed E-state index contributed by atoms with van der Waals surface area (Å²) < 4.78 is 356. The molecule has 6 aromatic carbocycles. The van der Waals surface area contributed by atoms with Crippen LogP contribution in [0.4, 0.5) is 110 Å². The summed E-state index contributed by atoms with van der Waals surface area (Å²) in [7, 11) is 0. The second kappa shape index (κ2) is 20.3. The molecule has 1 aromatic heterocycles. The van der Waals surface area contributed by atoms with Crippen LogP contribution in [0.1, 0.15) is 54.9 Å². The Morgan fingerprint density at radius 1 is 0.351 bits per heavy atom. The molecule has 0 fully saturated rings. The third-order valence-electron chi connectivity index (χ3n) is 11.7. The summed E-state index contributed by atoms with van der Waals surface area (Å²) in [5, 5.41) is 1.74. The maximum absolute atomic E-state index is 14.2. The molecule has 77 heavy (non-hydrogen) atoms. The molecule has 7 aromatic rings. The number of pyridine rings is 1. The van der Waals surface area contributed by atoms with Crippen LogP contribution >= 0.6 is 0 Å². The molecule has 0 N–H and O–H groups in total. The van der Waals surface area contributed by atoms with Crippen molar-refractivity contribution in [1.82, 2.24) is 0 Å². The molecule has 0 aliphatic heterocycles. The molecule has 0 saturated carbocycles. The predicted octanol–water partition coefficient (Wildman–Crippen LogP) is 14.4. The molecule has 0 spiro atoms. The molecule has 0 atom stereocenters. The van der Waals surface area contributed by atoms with Gasteiger partial charge in [0.05, 0.1) is 44.5 Å². The number of hydrogen-bond donors (Lipinski definition) is 0. The zero-order valence-corrected chi connectivity index (χ0v) is 37.4. The standard InChI is InChI=1S/C32H12BF24.C17H13FNO/c34-25(35,36)13-1-14(26(37,38)39)6-21(5-13)33(22-7-15(27(40,41)42)2-16(8-22)28(43,44)45,23-9-17(29(46,47)48)3-18(10-23)30(49,50)51)24-11-19(31(52,53)54)4-20(12-24)32(55,56)57;18-16-7-6-13-8-9-19(11-15(13)10-16)12-17(20)14-4-2-1-3-5-14/h1-12H;1-11H,12H2/q-1;+1. The highest BCUT2D eigenvalue weighted by molar-refractivity contribution is 7.20. The lowest BCUT2D eigenvalue weighted by atomic mass is 9.12. The molecule has 7 rings (SSSR count). The van der Waals surface area contributed by atoms with Gasteiger partial charge in [-0.3, -0.25) is 4.79 Å². The van der Waals surface area contributed by atoms with Crippen LogP contribution in [0.5, 0.6) is 0 Å².